The third kappa shape index (κ3) is 5.09. The first-order valence-corrected chi connectivity index (χ1v) is 8.53. The SMILES string of the molecule is CCOC(=O)[C@](NC(=O)Nc1ccccc1)(Nc1ccccc1OC)C(F)(F)F. The number of rotatable bonds is 7. The van der Waals surface area contributed by atoms with Crippen molar-refractivity contribution in [2.45, 2.75) is 18.8 Å². The van der Waals surface area contributed by atoms with Crippen LogP contribution in [0.3, 0.4) is 0 Å². The Morgan fingerprint density at radius 3 is 2.21 bits per heavy atom. The van der Waals surface area contributed by atoms with Gasteiger partial charge in [-0.2, -0.15) is 13.2 Å². The van der Waals surface area contributed by atoms with Crippen LogP contribution in [-0.4, -0.2) is 37.6 Å². The minimum atomic E-state index is -5.26. The van der Waals surface area contributed by atoms with E-state index < -0.39 is 23.8 Å². The van der Waals surface area contributed by atoms with Gasteiger partial charge in [0.1, 0.15) is 5.75 Å². The maximum absolute atomic E-state index is 14.1. The van der Waals surface area contributed by atoms with Gasteiger partial charge in [0.15, 0.2) is 0 Å². The van der Waals surface area contributed by atoms with Crippen LogP contribution >= 0.6 is 0 Å². The number of methoxy groups -OCH3 is 1. The van der Waals surface area contributed by atoms with Gasteiger partial charge < -0.3 is 20.1 Å². The van der Waals surface area contributed by atoms with Crippen LogP contribution in [0, 0.1) is 0 Å². The number of anilines is 2. The second-order valence-electron chi connectivity index (χ2n) is 5.74. The molecule has 7 nitrogen and oxygen atoms in total. The summed E-state index contributed by atoms with van der Waals surface area (Å²) in [5.74, 6) is -1.68. The Bertz CT molecular complexity index is 846. The molecule has 0 spiro atoms. The molecule has 2 rings (SSSR count). The van der Waals surface area contributed by atoms with Crippen molar-refractivity contribution < 1.29 is 32.2 Å². The maximum Gasteiger partial charge on any atom is 0.441 e. The van der Waals surface area contributed by atoms with Gasteiger partial charge in [-0.25, -0.2) is 9.59 Å². The van der Waals surface area contributed by atoms with Crippen molar-refractivity contribution in [3.8, 4) is 5.75 Å². The number of urea groups is 1. The number of nitrogens with one attached hydrogen (secondary N) is 3. The highest BCUT2D eigenvalue weighted by atomic mass is 19.4. The van der Waals surface area contributed by atoms with Gasteiger partial charge >= 0.3 is 23.8 Å². The zero-order chi connectivity index (χ0) is 21.5. The molecule has 0 aliphatic carbocycles. The molecular weight excluding hydrogens is 391 g/mol. The van der Waals surface area contributed by atoms with E-state index in [-0.39, 0.29) is 23.7 Å². The molecule has 10 heteroatoms. The molecule has 2 aromatic carbocycles. The van der Waals surface area contributed by atoms with Gasteiger partial charge in [-0.1, -0.05) is 30.3 Å². The molecule has 29 heavy (non-hydrogen) atoms. The summed E-state index contributed by atoms with van der Waals surface area (Å²) in [6, 6.07) is 12.2. The number of amides is 2. The fourth-order valence-electron chi connectivity index (χ4n) is 2.43. The van der Waals surface area contributed by atoms with Gasteiger partial charge in [-0.05, 0) is 31.2 Å². The number of benzene rings is 2. The molecule has 0 bridgehead atoms. The monoisotopic (exact) mass is 411 g/mol. The zero-order valence-electron chi connectivity index (χ0n) is 15.7. The third-order valence-corrected chi connectivity index (χ3v) is 3.77. The highest BCUT2D eigenvalue weighted by molar-refractivity contribution is 5.96. The summed E-state index contributed by atoms with van der Waals surface area (Å²) in [5.41, 5.74) is -3.49. The number of hydrogen-bond donors (Lipinski definition) is 3. The van der Waals surface area contributed by atoms with Crippen molar-refractivity contribution in [1.82, 2.24) is 5.32 Å². The van der Waals surface area contributed by atoms with Crippen LogP contribution in [0.4, 0.5) is 29.3 Å². The molecular formula is C19H20F3N3O4. The van der Waals surface area contributed by atoms with Crippen LogP contribution in [0.5, 0.6) is 5.75 Å². The summed E-state index contributed by atoms with van der Waals surface area (Å²) in [7, 11) is 1.26. The fraction of sp³-hybridized carbons (Fsp3) is 0.263. The van der Waals surface area contributed by atoms with E-state index in [0.717, 1.165) is 0 Å². The largest absolute Gasteiger partial charge is 0.495 e. The molecule has 2 aromatic rings. The van der Waals surface area contributed by atoms with Crippen molar-refractivity contribution in [3.05, 3.63) is 54.6 Å². The first-order valence-electron chi connectivity index (χ1n) is 8.53. The van der Waals surface area contributed by atoms with E-state index in [0.29, 0.717) is 0 Å². The lowest BCUT2D eigenvalue weighted by Crippen LogP contribution is -2.70. The van der Waals surface area contributed by atoms with Crippen molar-refractivity contribution in [1.29, 1.82) is 0 Å². The molecule has 0 unspecified atom stereocenters. The Kier molecular flexibility index (Phi) is 6.92. The standard InChI is InChI=1S/C19H20F3N3O4/c1-3-29-16(26)18(19(20,21)22,24-14-11-7-8-12-15(14)28-2)25-17(27)23-13-9-5-4-6-10-13/h4-12,24H,3H2,1-2H3,(H2,23,25,27)/t18-/m1/s1. The Morgan fingerprint density at radius 1 is 1.00 bits per heavy atom. The number of ether oxygens (including phenoxy) is 2. The van der Waals surface area contributed by atoms with Crippen LogP contribution in [0.25, 0.3) is 0 Å². The predicted molar refractivity (Wildman–Crippen MR) is 101 cm³/mol. The van der Waals surface area contributed by atoms with Gasteiger partial charge in [0.05, 0.1) is 19.4 Å². The topological polar surface area (TPSA) is 88.7 Å². The van der Waals surface area contributed by atoms with Crippen LogP contribution in [0.15, 0.2) is 54.6 Å². The molecule has 156 valence electrons. The molecule has 0 aliphatic heterocycles. The van der Waals surface area contributed by atoms with Crippen LogP contribution in [0.2, 0.25) is 0 Å². The van der Waals surface area contributed by atoms with E-state index in [2.05, 4.69) is 15.4 Å². The third-order valence-electron chi connectivity index (χ3n) is 3.77. The Balaban J connectivity index is 2.45. The summed E-state index contributed by atoms with van der Waals surface area (Å²) < 4.78 is 52.0. The molecule has 1 atom stereocenters. The van der Waals surface area contributed by atoms with E-state index in [1.54, 1.807) is 29.6 Å². The highest BCUT2D eigenvalue weighted by Crippen LogP contribution is 2.36. The summed E-state index contributed by atoms with van der Waals surface area (Å²) in [4.78, 5) is 24.7. The average molecular weight is 411 g/mol. The molecule has 0 saturated heterocycles. The Labute approximate surface area is 165 Å². The molecule has 0 aromatic heterocycles. The lowest BCUT2D eigenvalue weighted by molar-refractivity contribution is -0.204. The second kappa shape index (κ2) is 9.18. The normalized spacial score (nSPS) is 13.0. The minimum absolute atomic E-state index is 0.0377. The first-order chi connectivity index (χ1) is 13.7. The highest BCUT2D eigenvalue weighted by Gasteiger charge is 2.64. The molecule has 2 amide bonds. The van der Waals surface area contributed by atoms with Crippen LogP contribution in [0.1, 0.15) is 6.92 Å². The number of carbonyl (C=O) groups excluding carboxylic acids is 2. The number of alkyl halides is 3. The van der Waals surface area contributed by atoms with E-state index >= 15 is 0 Å². The molecule has 0 heterocycles. The summed E-state index contributed by atoms with van der Waals surface area (Å²) in [6.45, 7) is 1.03. The molecule has 3 N–H and O–H groups in total. The Hall–Kier alpha value is -3.43. The second-order valence-corrected chi connectivity index (χ2v) is 5.74. The van der Waals surface area contributed by atoms with Gasteiger partial charge in [-0.3, -0.25) is 5.32 Å². The fourth-order valence-corrected chi connectivity index (χ4v) is 2.43. The lowest BCUT2D eigenvalue weighted by atomic mass is 10.1. The van der Waals surface area contributed by atoms with Crippen LogP contribution < -0.4 is 20.7 Å². The summed E-state index contributed by atoms with van der Waals surface area (Å²) in [6.07, 6.45) is -5.26. The van der Waals surface area contributed by atoms with E-state index in [1.165, 1.54) is 44.4 Å². The first kappa shape index (κ1) is 21.9. The molecule has 0 saturated carbocycles. The minimum Gasteiger partial charge on any atom is -0.495 e. The number of para-hydroxylation sites is 3. The number of carbonyl (C=O) groups is 2. The quantitative estimate of drug-likeness (QED) is 0.477. The predicted octanol–water partition coefficient (Wildman–Crippen LogP) is 3.75. The summed E-state index contributed by atoms with van der Waals surface area (Å²) >= 11 is 0. The van der Waals surface area contributed by atoms with E-state index in [9.17, 15) is 22.8 Å². The van der Waals surface area contributed by atoms with E-state index in [4.69, 9.17) is 4.74 Å². The van der Waals surface area contributed by atoms with Crippen molar-refractivity contribution in [3.63, 3.8) is 0 Å². The van der Waals surface area contributed by atoms with Gasteiger partial charge in [-0.15, -0.1) is 0 Å². The number of halogens is 3. The van der Waals surface area contributed by atoms with Crippen molar-refractivity contribution in [2.24, 2.45) is 0 Å². The Morgan fingerprint density at radius 2 is 1.62 bits per heavy atom. The smallest absolute Gasteiger partial charge is 0.441 e. The number of hydrogen-bond acceptors (Lipinski definition) is 5. The number of esters is 1. The zero-order valence-corrected chi connectivity index (χ0v) is 15.7. The van der Waals surface area contributed by atoms with Crippen molar-refractivity contribution in [2.75, 3.05) is 24.4 Å². The average Bonchev–Trinajstić information content (AvgIpc) is 2.67. The van der Waals surface area contributed by atoms with Crippen LogP contribution in [-0.2, 0) is 9.53 Å². The summed E-state index contributed by atoms with van der Waals surface area (Å²) in [5, 5.41) is 6.00. The van der Waals surface area contributed by atoms with Gasteiger partial charge in [0, 0.05) is 5.69 Å². The molecule has 0 radical (unpaired) electrons. The molecule has 0 aliphatic rings. The molecule has 0 fully saturated rings. The lowest BCUT2D eigenvalue weighted by Gasteiger charge is -2.35. The van der Waals surface area contributed by atoms with Crippen molar-refractivity contribution >= 4 is 23.4 Å². The van der Waals surface area contributed by atoms with Gasteiger partial charge in [0.2, 0.25) is 0 Å². The van der Waals surface area contributed by atoms with E-state index in [1.807, 2.05) is 0 Å². The van der Waals surface area contributed by atoms with Gasteiger partial charge in [0.25, 0.3) is 0 Å². The maximum atomic E-state index is 14.1.